The molecule has 0 aliphatic carbocycles. The number of aliphatic hydroxyl groups excluding tert-OH is 1. The molecule has 0 aromatic heterocycles. The zero-order valence-corrected chi connectivity index (χ0v) is 11.0. The van der Waals surface area contributed by atoms with Gasteiger partial charge in [-0.15, -0.1) is 0 Å². The van der Waals surface area contributed by atoms with Crippen molar-refractivity contribution in [2.24, 2.45) is 0 Å². The smallest absolute Gasteiger partial charge is 0.0855 e. The summed E-state index contributed by atoms with van der Waals surface area (Å²) in [6.45, 7) is 3.42. The SMILES string of the molecule is CC(c1ccccc1)C(O)c1ccc2c(c1)COC2. The van der Waals surface area contributed by atoms with Crippen LogP contribution in [0.25, 0.3) is 0 Å². The molecule has 1 heterocycles. The summed E-state index contributed by atoms with van der Waals surface area (Å²) in [6.07, 6.45) is -0.478. The van der Waals surface area contributed by atoms with E-state index in [4.69, 9.17) is 4.74 Å². The lowest BCUT2D eigenvalue weighted by atomic mass is 9.90. The van der Waals surface area contributed by atoms with Crippen LogP contribution in [0.15, 0.2) is 48.5 Å². The van der Waals surface area contributed by atoms with Crippen molar-refractivity contribution in [3.8, 4) is 0 Å². The standard InChI is InChI=1S/C17H18O2/c1-12(13-5-3-2-4-6-13)17(18)14-7-8-15-10-19-11-16(15)9-14/h2-9,12,17-18H,10-11H2,1H3. The maximum atomic E-state index is 10.5. The Morgan fingerprint density at radius 1 is 0.947 bits per heavy atom. The Balaban J connectivity index is 1.86. The molecule has 0 amide bonds. The minimum atomic E-state index is -0.478. The molecule has 19 heavy (non-hydrogen) atoms. The molecule has 2 aromatic carbocycles. The highest BCUT2D eigenvalue weighted by atomic mass is 16.5. The van der Waals surface area contributed by atoms with E-state index in [0.29, 0.717) is 13.2 Å². The van der Waals surface area contributed by atoms with E-state index in [1.165, 1.54) is 11.1 Å². The van der Waals surface area contributed by atoms with Gasteiger partial charge in [-0.3, -0.25) is 0 Å². The summed E-state index contributed by atoms with van der Waals surface area (Å²) in [7, 11) is 0. The van der Waals surface area contributed by atoms with E-state index in [2.05, 4.69) is 31.2 Å². The molecule has 2 aromatic rings. The van der Waals surface area contributed by atoms with Gasteiger partial charge in [0, 0.05) is 5.92 Å². The fourth-order valence-corrected chi connectivity index (χ4v) is 2.60. The molecule has 2 unspecified atom stereocenters. The maximum Gasteiger partial charge on any atom is 0.0855 e. The first kappa shape index (κ1) is 12.4. The van der Waals surface area contributed by atoms with Gasteiger partial charge in [0.2, 0.25) is 0 Å². The van der Waals surface area contributed by atoms with Gasteiger partial charge in [-0.25, -0.2) is 0 Å². The lowest BCUT2D eigenvalue weighted by molar-refractivity contribution is 0.134. The van der Waals surface area contributed by atoms with Gasteiger partial charge in [0.1, 0.15) is 0 Å². The molecule has 0 spiro atoms. The summed E-state index contributed by atoms with van der Waals surface area (Å²) in [5.41, 5.74) is 4.58. The second-order valence-corrected chi connectivity index (χ2v) is 5.17. The topological polar surface area (TPSA) is 29.5 Å². The Labute approximate surface area is 113 Å². The first-order valence-electron chi connectivity index (χ1n) is 6.68. The van der Waals surface area contributed by atoms with Gasteiger partial charge < -0.3 is 9.84 Å². The van der Waals surface area contributed by atoms with Crippen LogP contribution in [0.2, 0.25) is 0 Å². The number of ether oxygens (including phenoxy) is 1. The van der Waals surface area contributed by atoms with Gasteiger partial charge in [0.15, 0.2) is 0 Å². The van der Waals surface area contributed by atoms with Gasteiger partial charge >= 0.3 is 0 Å². The Morgan fingerprint density at radius 2 is 1.68 bits per heavy atom. The van der Waals surface area contributed by atoms with Crippen molar-refractivity contribution < 1.29 is 9.84 Å². The third kappa shape index (κ3) is 2.42. The minimum Gasteiger partial charge on any atom is -0.388 e. The van der Waals surface area contributed by atoms with Crippen molar-refractivity contribution in [1.82, 2.24) is 0 Å². The van der Waals surface area contributed by atoms with Crippen molar-refractivity contribution in [3.05, 3.63) is 70.8 Å². The Bertz CT molecular complexity index is 563. The molecular weight excluding hydrogens is 236 g/mol. The van der Waals surface area contributed by atoms with Crippen LogP contribution in [-0.2, 0) is 18.0 Å². The van der Waals surface area contributed by atoms with Crippen LogP contribution in [0.4, 0.5) is 0 Å². The van der Waals surface area contributed by atoms with E-state index < -0.39 is 6.10 Å². The van der Waals surface area contributed by atoms with Crippen LogP contribution in [0.5, 0.6) is 0 Å². The molecule has 2 heteroatoms. The monoisotopic (exact) mass is 254 g/mol. The average Bonchev–Trinajstić information content (AvgIpc) is 2.94. The van der Waals surface area contributed by atoms with Crippen molar-refractivity contribution in [2.45, 2.75) is 32.2 Å². The molecule has 0 radical (unpaired) electrons. The predicted octanol–water partition coefficient (Wildman–Crippen LogP) is 3.55. The van der Waals surface area contributed by atoms with Crippen molar-refractivity contribution in [1.29, 1.82) is 0 Å². The number of hydrogen-bond donors (Lipinski definition) is 1. The Kier molecular flexibility index (Phi) is 3.36. The first-order chi connectivity index (χ1) is 9.25. The Morgan fingerprint density at radius 3 is 2.47 bits per heavy atom. The molecule has 0 saturated heterocycles. The quantitative estimate of drug-likeness (QED) is 0.907. The highest BCUT2D eigenvalue weighted by molar-refractivity contribution is 5.35. The van der Waals surface area contributed by atoms with Gasteiger partial charge in [-0.1, -0.05) is 55.5 Å². The second-order valence-electron chi connectivity index (χ2n) is 5.17. The third-order valence-electron chi connectivity index (χ3n) is 3.89. The van der Waals surface area contributed by atoms with Gasteiger partial charge in [-0.05, 0) is 22.3 Å². The predicted molar refractivity (Wildman–Crippen MR) is 74.8 cm³/mol. The molecule has 1 aliphatic rings. The second kappa shape index (κ2) is 5.16. The molecule has 1 N–H and O–H groups in total. The van der Waals surface area contributed by atoms with Gasteiger partial charge in [-0.2, -0.15) is 0 Å². The zero-order valence-electron chi connectivity index (χ0n) is 11.0. The molecule has 0 bridgehead atoms. The van der Waals surface area contributed by atoms with E-state index in [-0.39, 0.29) is 5.92 Å². The largest absolute Gasteiger partial charge is 0.388 e. The van der Waals surface area contributed by atoms with Crippen LogP contribution in [0.1, 0.15) is 41.2 Å². The number of benzene rings is 2. The molecule has 0 fully saturated rings. The summed E-state index contributed by atoms with van der Waals surface area (Å²) in [6, 6.07) is 16.3. The van der Waals surface area contributed by atoms with Gasteiger partial charge in [0.05, 0.1) is 19.3 Å². The first-order valence-corrected chi connectivity index (χ1v) is 6.68. The molecular formula is C17H18O2. The fourth-order valence-electron chi connectivity index (χ4n) is 2.60. The molecule has 1 aliphatic heterocycles. The van der Waals surface area contributed by atoms with E-state index in [1.807, 2.05) is 24.3 Å². The fraction of sp³-hybridized carbons (Fsp3) is 0.294. The molecule has 98 valence electrons. The lowest BCUT2D eigenvalue weighted by Gasteiger charge is -2.20. The highest BCUT2D eigenvalue weighted by Gasteiger charge is 2.20. The van der Waals surface area contributed by atoms with Crippen molar-refractivity contribution >= 4 is 0 Å². The van der Waals surface area contributed by atoms with Gasteiger partial charge in [0.25, 0.3) is 0 Å². The summed E-state index contributed by atoms with van der Waals surface area (Å²) in [5, 5.41) is 10.5. The van der Waals surface area contributed by atoms with E-state index in [9.17, 15) is 5.11 Å². The highest BCUT2D eigenvalue weighted by Crippen LogP contribution is 2.32. The van der Waals surface area contributed by atoms with E-state index in [0.717, 1.165) is 11.1 Å². The number of fused-ring (bicyclic) bond motifs is 1. The molecule has 3 rings (SSSR count). The number of rotatable bonds is 3. The minimum absolute atomic E-state index is 0.0848. The normalized spacial score (nSPS) is 16.9. The average molecular weight is 254 g/mol. The van der Waals surface area contributed by atoms with Crippen LogP contribution in [0, 0.1) is 0 Å². The van der Waals surface area contributed by atoms with E-state index in [1.54, 1.807) is 0 Å². The third-order valence-corrected chi connectivity index (χ3v) is 3.89. The van der Waals surface area contributed by atoms with Crippen LogP contribution in [-0.4, -0.2) is 5.11 Å². The summed E-state index contributed by atoms with van der Waals surface area (Å²) < 4.78 is 5.41. The van der Waals surface area contributed by atoms with Crippen molar-refractivity contribution in [3.63, 3.8) is 0 Å². The van der Waals surface area contributed by atoms with Crippen molar-refractivity contribution in [2.75, 3.05) is 0 Å². The summed E-state index contributed by atoms with van der Waals surface area (Å²) in [4.78, 5) is 0. The van der Waals surface area contributed by atoms with Crippen LogP contribution >= 0.6 is 0 Å². The summed E-state index contributed by atoms with van der Waals surface area (Å²) >= 11 is 0. The van der Waals surface area contributed by atoms with E-state index >= 15 is 0 Å². The summed E-state index contributed by atoms with van der Waals surface area (Å²) in [5.74, 6) is 0.0848. The Hall–Kier alpha value is -1.64. The zero-order chi connectivity index (χ0) is 13.2. The molecule has 2 atom stereocenters. The lowest BCUT2D eigenvalue weighted by Crippen LogP contribution is -2.08. The molecule has 0 saturated carbocycles. The van der Waals surface area contributed by atoms with Crippen LogP contribution in [0.3, 0.4) is 0 Å². The number of aliphatic hydroxyl groups is 1. The van der Waals surface area contributed by atoms with Crippen LogP contribution < -0.4 is 0 Å². The molecule has 2 nitrogen and oxygen atoms in total. The number of hydrogen-bond acceptors (Lipinski definition) is 2. The maximum absolute atomic E-state index is 10.5.